The molecule has 0 aromatic rings. The van der Waals surface area contributed by atoms with E-state index in [1.807, 2.05) is 0 Å². The van der Waals surface area contributed by atoms with Gasteiger partial charge in [-0.3, -0.25) is 4.79 Å². The molecule has 2 atom stereocenters. The lowest BCUT2D eigenvalue weighted by molar-refractivity contribution is -0.142. The van der Waals surface area contributed by atoms with Crippen LogP contribution in [0.4, 0.5) is 0 Å². The molecule has 0 saturated heterocycles. The van der Waals surface area contributed by atoms with Gasteiger partial charge in [0.25, 0.3) is 0 Å². The molecule has 0 bridgehead atoms. The van der Waals surface area contributed by atoms with Crippen molar-refractivity contribution in [2.75, 3.05) is 0 Å². The summed E-state index contributed by atoms with van der Waals surface area (Å²) in [4.78, 5) is 11.3. The van der Waals surface area contributed by atoms with Gasteiger partial charge in [0.1, 0.15) is 0 Å². The normalized spacial score (nSPS) is 28.9. The van der Waals surface area contributed by atoms with Crippen molar-refractivity contribution in [1.82, 2.24) is 0 Å². The zero-order chi connectivity index (χ0) is 14.6. The number of carbonyl (C=O) groups is 1. The third-order valence-electron chi connectivity index (χ3n) is 4.64. The number of nitrogens with two attached hydrogens (primary N) is 1. The van der Waals surface area contributed by atoms with Crippen LogP contribution in [0.3, 0.4) is 0 Å². The third-order valence-corrected chi connectivity index (χ3v) is 4.64. The minimum absolute atomic E-state index is 0.152. The molecule has 3 nitrogen and oxygen atoms in total. The van der Waals surface area contributed by atoms with Gasteiger partial charge in [-0.15, -0.1) is 0 Å². The van der Waals surface area contributed by atoms with E-state index in [4.69, 9.17) is 5.73 Å². The highest BCUT2D eigenvalue weighted by Crippen LogP contribution is 2.20. The van der Waals surface area contributed by atoms with Gasteiger partial charge in [0.2, 0.25) is 0 Å². The molecular formula is C17H33NO2. The molecule has 118 valence electrons. The van der Waals surface area contributed by atoms with Crippen LogP contribution >= 0.6 is 0 Å². The monoisotopic (exact) mass is 283 g/mol. The Bertz CT molecular complexity index is 255. The third kappa shape index (κ3) is 7.88. The van der Waals surface area contributed by atoms with E-state index in [1.54, 1.807) is 0 Å². The van der Waals surface area contributed by atoms with Crippen LogP contribution in [0.15, 0.2) is 0 Å². The maximum absolute atomic E-state index is 11.3. The molecule has 1 aliphatic carbocycles. The van der Waals surface area contributed by atoms with E-state index in [0.29, 0.717) is 0 Å². The highest BCUT2D eigenvalue weighted by molar-refractivity contribution is 5.70. The Balaban J connectivity index is 2.37. The van der Waals surface area contributed by atoms with Crippen LogP contribution in [-0.2, 0) is 4.79 Å². The molecule has 0 aliphatic heterocycles. The van der Waals surface area contributed by atoms with E-state index in [2.05, 4.69) is 0 Å². The highest BCUT2D eigenvalue weighted by Gasteiger charge is 2.24. The molecule has 0 radical (unpaired) electrons. The second kappa shape index (κ2) is 11.1. The lowest BCUT2D eigenvalue weighted by Gasteiger charge is -2.20. The second-order valence-corrected chi connectivity index (χ2v) is 6.43. The summed E-state index contributed by atoms with van der Waals surface area (Å²) in [5.74, 6) is -1.03. The largest absolute Gasteiger partial charge is 0.481 e. The van der Waals surface area contributed by atoms with Crippen molar-refractivity contribution < 1.29 is 9.90 Å². The van der Waals surface area contributed by atoms with E-state index >= 15 is 0 Å². The maximum Gasteiger partial charge on any atom is 0.308 e. The summed E-state index contributed by atoms with van der Waals surface area (Å²) in [5, 5.41) is 9.32. The quantitative estimate of drug-likeness (QED) is 0.745. The second-order valence-electron chi connectivity index (χ2n) is 6.43. The van der Waals surface area contributed by atoms with Gasteiger partial charge in [0.05, 0.1) is 5.92 Å². The highest BCUT2D eigenvalue weighted by atomic mass is 16.4. The van der Waals surface area contributed by atoms with Crippen LogP contribution in [0.2, 0.25) is 0 Å². The lowest BCUT2D eigenvalue weighted by atomic mass is 9.90. The molecule has 0 spiro atoms. The zero-order valence-corrected chi connectivity index (χ0v) is 13.0. The van der Waals surface area contributed by atoms with Gasteiger partial charge in [0.15, 0.2) is 0 Å². The number of carboxylic acids is 1. The van der Waals surface area contributed by atoms with Gasteiger partial charge in [-0.2, -0.15) is 0 Å². The molecule has 1 saturated carbocycles. The summed E-state index contributed by atoms with van der Waals surface area (Å²) < 4.78 is 0. The minimum atomic E-state index is -0.696. The Kier molecular flexibility index (Phi) is 9.73. The molecule has 0 aromatic carbocycles. The first-order valence-electron chi connectivity index (χ1n) is 8.70. The average Bonchev–Trinajstić information content (AvgIpc) is 2.41. The Hall–Kier alpha value is -0.570. The molecule has 1 aliphatic rings. The Morgan fingerprint density at radius 3 is 1.45 bits per heavy atom. The fourth-order valence-corrected chi connectivity index (χ4v) is 3.23. The van der Waals surface area contributed by atoms with Gasteiger partial charge in [-0.1, -0.05) is 77.0 Å². The zero-order valence-electron chi connectivity index (χ0n) is 13.0. The summed E-state index contributed by atoms with van der Waals surface area (Å²) in [6, 6.07) is -0.152. The maximum atomic E-state index is 11.3. The molecule has 20 heavy (non-hydrogen) atoms. The van der Waals surface area contributed by atoms with Crippen LogP contribution in [-0.4, -0.2) is 17.1 Å². The van der Waals surface area contributed by atoms with E-state index in [9.17, 15) is 9.90 Å². The van der Waals surface area contributed by atoms with Crippen molar-refractivity contribution in [1.29, 1.82) is 0 Å². The first-order chi connectivity index (χ1) is 9.72. The van der Waals surface area contributed by atoms with E-state index in [1.165, 1.54) is 57.8 Å². The smallest absolute Gasteiger partial charge is 0.308 e. The van der Waals surface area contributed by atoms with Gasteiger partial charge in [-0.25, -0.2) is 0 Å². The molecule has 1 rings (SSSR count). The van der Waals surface area contributed by atoms with E-state index in [0.717, 1.165) is 32.1 Å². The molecule has 0 aromatic heterocycles. The molecule has 3 heteroatoms. The fourth-order valence-electron chi connectivity index (χ4n) is 3.23. The van der Waals surface area contributed by atoms with Crippen molar-refractivity contribution in [3.8, 4) is 0 Å². The first kappa shape index (κ1) is 17.5. The van der Waals surface area contributed by atoms with Crippen molar-refractivity contribution in [3.63, 3.8) is 0 Å². The van der Waals surface area contributed by atoms with Gasteiger partial charge in [-0.05, 0) is 12.8 Å². The lowest BCUT2D eigenvalue weighted by Crippen LogP contribution is -2.35. The Morgan fingerprint density at radius 2 is 1.05 bits per heavy atom. The predicted molar refractivity (Wildman–Crippen MR) is 83.7 cm³/mol. The van der Waals surface area contributed by atoms with E-state index in [-0.39, 0.29) is 12.0 Å². The summed E-state index contributed by atoms with van der Waals surface area (Å²) >= 11 is 0. The van der Waals surface area contributed by atoms with Gasteiger partial charge < -0.3 is 10.8 Å². The fraction of sp³-hybridized carbons (Fsp3) is 0.941. The molecule has 0 unspecified atom stereocenters. The average molecular weight is 283 g/mol. The van der Waals surface area contributed by atoms with Crippen molar-refractivity contribution in [2.45, 2.75) is 95.9 Å². The molecule has 3 N–H and O–H groups in total. The van der Waals surface area contributed by atoms with Crippen molar-refractivity contribution in [3.05, 3.63) is 0 Å². The Labute approximate surface area is 124 Å². The van der Waals surface area contributed by atoms with Crippen LogP contribution in [0.5, 0.6) is 0 Å². The molecule has 1 fully saturated rings. The van der Waals surface area contributed by atoms with E-state index < -0.39 is 5.97 Å². The SMILES string of the molecule is N[C@@H]1CCCCCCCCCCCCCC[C@H]1C(=O)O. The number of carboxylic acid groups (broad SMARTS) is 1. The van der Waals surface area contributed by atoms with Crippen LogP contribution in [0, 0.1) is 5.92 Å². The van der Waals surface area contributed by atoms with Crippen molar-refractivity contribution in [2.24, 2.45) is 11.7 Å². The Morgan fingerprint density at radius 1 is 0.700 bits per heavy atom. The minimum Gasteiger partial charge on any atom is -0.481 e. The first-order valence-corrected chi connectivity index (χ1v) is 8.70. The molecule has 0 amide bonds. The predicted octanol–water partition coefficient (Wildman–Crippen LogP) is 4.49. The summed E-state index contributed by atoms with van der Waals surface area (Å²) in [6.45, 7) is 0. The van der Waals surface area contributed by atoms with Crippen LogP contribution < -0.4 is 5.73 Å². The number of aliphatic carboxylic acids is 1. The van der Waals surface area contributed by atoms with Gasteiger partial charge >= 0.3 is 5.97 Å². The summed E-state index contributed by atoms with van der Waals surface area (Å²) in [6.07, 6.45) is 16.8. The summed E-state index contributed by atoms with van der Waals surface area (Å²) in [5.41, 5.74) is 6.10. The molecular weight excluding hydrogens is 250 g/mol. The standard InChI is InChI=1S/C17H33NO2/c18-16-14-12-10-8-6-4-2-1-3-5-7-9-11-13-15(16)17(19)20/h15-16H,1-14,18H2,(H,19,20)/t15-,16-/m1/s1. The number of hydrogen-bond acceptors (Lipinski definition) is 2. The summed E-state index contributed by atoms with van der Waals surface area (Å²) in [7, 11) is 0. The number of rotatable bonds is 1. The van der Waals surface area contributed by atoms with Gasteiger partial charge in [0, 0.05) is 6.04 Å². The van der Waals surface area contributed by atoms with Crippen molar-refractivity contribution >= 4 is 5.97 Å². The van der Waals surface area contributed by atoms with Crippen LogP contribution in [0.1, 0.15) is 89.9 Å². The topological polar surface area (TPSA) is 63.3 Å². The molecule has 0 heterocycles. The van der Waals surface area contributed by atoms with Crippen LogP contribution in [0.25, 0.3) is 0 Å². The number of hydrogen-bond donors (Lipinski definition) is 2.